The first-order valence-electron chi connectivity index (χ1n) is 7.63. The summed E-state index contributed by atoms with van der Waals surface area (Å²) in [7, 11) is 0. The Morgan fingerprint density at radius 2 is 2.13 bits per heavy atom. The molecule has 1 heterocycles. The lowest BCUT2D eigenvalue weighted by Gasteiger charge is -2.12. The summed E-state index contributed by atoms with van der Waals surface area (Å²) in [6, 6.07) is 14.8. The van der Waals surface area contributed by atoms with E-state index in [0.29, 0.717) is 22.4 Å². The summed E-state index contributed by atoms with van der Waals surface area (Å²) in [5.41, 5.74) is 1.37. The first kappa shape index (κ1) is 16.4. The molecule has 5 heteroatoms. The highest BCUT2D eigenvalue weighted by Crippen LogP contribution is 2.27. The van der Waals surface area contributed by atoms with Crippen molar-refractivity contribution in [3.63, 3.8) is 0 Å². The molecular weight excluding hydrogens is 330 g/mol. The molecule has 0 spiro atoms. The minimum Gasteiger partial charge on any atom is -0.377 e. The number of anilines is 1. The lowest BCUT2D eigenvalue weighted by atomic mass is 10.2. The molecule has 1 N–H and O–H groups in total. The minimum absolute atomic E-state index is 0.122. The van der Waals surface area contributed by atoms with Crippen LogP contribution in [0.5, 0.6) is 0 Å². The van der Waals surface area contributed by atoms with Crippen molar-refractivity contribution >= 4 is 35.0 Å². The molecule has 0 saturated carbocycles. The maximum absolute atomic E-state index is 12.5. The van der Waals surface area contributed by atoms with Crippen LogP contribution < -0.4 is 5.32 Å². The van der Waals surface area contributed by atoms with Gasteiger partial charge in [0.05, 0.1) is 11.7 Å². The smallest absolute Gasteiger partial charge is 0.256 e. The Hall–Kier alpha value is -1.49. The number of hydrogen-bond donors (Lipinski definition) is 1. The highest BCUT2D eigenvalue weighted by Gasteiger charge is 2.18. The van der Waals surface area contributed by atoms with Crippen molar-refractivity contribution in [1.82, 2.24) is 0 Å². The first-order valence-corrected chi connectivity index (χ1v) is 8.99. The van der Waals surface area contributed by atoms with Gasteiger partial charge in [0.15, 0.2) is 0 Å². The van der Waals surface area contributed by atoms with E-state index in [1.165, 1.54) is 0 Å². The van der Waals surface area contributed by atoms with Crippen LogP contribution in [-0.4, -0.2) is 24.4 Å². The third kappa shape index (κ3) is 4.50. The van der Waals surface area contributed by atoms with Gasteiger partial charge in [0.25, 0.3) is 5.91 Å². The summed E-state index contributed by atoms with van der Waals surface area (Å²) < 4.78 is 5.65. The Bertz CT molecular complexity index is 686. The molecule has 0 aromatic heterocycles. The van der Waals surface area contributed by atoms with Gasteiger partial charge in [-0.25, -0.2) is 0 Å². The van der Waals surface area contributed by atoms with Crippen LogP contribution in [0.25, 0.3) is 0 Å². The fraction of sp³-hybridized carbons (Fsp3) is 0.278. The normalized spacial score (nSPS) is 17.2. The number of thioether (sulfide) groups is 1. The maximum Gasteiger partial charge on any atom is 0.256 e. The van der Waals surface area contributed by atoms with Crippen LogP contribution in [0.3, 0.4) is 0 Å². The summed E-state index contributed by atoms with van der Waals surface area (Å²) in [6.45, 7) is 0.849. The average Bonchev–Trinajstić information content (AvgIpc) is 3.06. The standard InChI is InChI=1S/C18H18ClNO2S/c19-13-5-3-6-14(11-13)20-18(21)16-8-1-2-9-17(16)23-12-15-7-4-10-22-15/h1-3,5-6,8-9,11,15H,4,7,10,12H2,(H,20,21)/t15-/m1/s1. The van der Waals surface area contributed by atoms with Crippen LogP contribution in [-0.2, 0) is 4.74 Å². The van der Waals surface area contributed by atoms with Crippen LogP contribution in [0, 0.1) is 0 Å². The fourth-order valence-electron chi connectivity index (χ4n) is 2.50. The Morgan fingerprint density at radius 3 is 2.91 bits per heavy atom. The SMILES string of the molecule is O=C(Nc1cccc(Cl)c1)c1ccccc1SC[C@H]1CCCO1. The number of carbonyl (C=O) groups is 1. The highest BCUT2D eigenvalue weighted by atomic mass is 35.5. The van der Waals surface area contributed by atoms with Crippen molar-refractivity contribution in [2.75, 3.05) is 17.7 Å². The Labute approximate surface area is 145 Å². The highest BCUT2D eigenvalue weighted by molar-refractivity contribution is 7.99. The first-order chi connectivity index (χ1) is 11.2. The monoisotopic (exact) mass is 347 g/mol. The molecule has 1 atom stereocenters. The number of hydrogen-bond acceptors (Lipinski definition) is 3. The molecule has 1 saturated heterocycles. The molecule has 1 aliphatic heterocycles. The molecule has 0 radical (unpaired) electrons. The van der Waals surface area contributed by atoms with Crippen molar-refractivity contribution in [2.45, 2.75) is 23.8 Å². The summed E-state index contributed by atoms with van der Waals surface area (Å²) in [4.78, 5) is 13.5. The quantitative estimate of drug-likeness (QED) is 0.785. The number of rotatable bonds is 5. The number of carbonyl (C=O) groups excluding carboxylic acids is 1. The summed E-state index contributed by atoms with van der Waals surface area (Å²) in [6.07, 6.45) is 2.52. The van der Waals surface area contributed by atoms with Crippen molar-refractivity contribution in [1.29, 1.82) is 0 Å². The zero-order chi connectivity index (χ0) is 16.1. The molecule has 120 valence electrons. The molecule has 2 aromatic rings. The van der Waals surface area contributed by atoms with Crippen LogP contribution in [0.4, 0.5) is 5.69 Å². The van der Waals surface area contributed by atoms with Gasteiger partial charge in [0, 0.05) is 28.0 Å². The summed E-state index contributed by atoms with van der Waals surface area (Å²) in [5.74, 6) is 0.754. The Balaban J connectivity index is 1.69. The van der Waals surface area contributed by atoms with Crippen LogP contribution in [0.15, 0.2) is 53.4 Å². The number of benzene rings is 2. The lowest BCUT2D eigenvalue weighted by Crippen LogP contribution is -2.14. The Morgan fingerprint density at radius 1 is 1.26 bits per heavy atom. The maximum atomic E-state index is 12.5. The summed E-state index contributed by atoms with van der Waals surface area (Å²) >= 11 is 7.63. The van der Waals surface area contributed by atoms with E-state index in [4.69, 9.17) is 16.3 Å². The van der Waals surface area contributed by atoms with E-state index < -0.39 is 0 Å². The molecule has 1 amide bonds. The van der Waals surface area contributed by atoms with E-state index in [-0.39, 0.29) is 5.91 Å². The van der Waals surface area contributed by atoms with Crippen LogP contribution in [0.1, 0.15) is 23.2 Å². The largest absolute Gasteiger partial charge is 0.377 e. The van der Waals surface area contributed by atoms with Gasteiger partial charge in [0.2, 0.25) is 0 Å². The number of ether oxygens (including phenoxy) is 1. The van der Waals surface area contributed by atoms with Gasteiger partial charge in [-0.3, -0.25) is 4.79 Å². The van der Waals surface area contributed by atoms with Gasteiger partial charge in [0.1, 0.15) is 0 Å². The predicted molar refractivity (Wildman–Crippen MR) is 95.5 cm³/mol. The molecule has 1 aliphatic rings. The van der Waals surface area contributed by atoms with Gasteiger partial charge >= 0.3 is 0 Å². The van der Waals surface area contributed by atoms with Crippen molar-refractivity contribution < 1.29 is 9.53 Å². The fourth-order valence-corrected chi connectivity index (χ4v) is 3.81. The molecule has 3 nitrogen and oxygen atoms in total. The van der Waals surface area contributed by atoms with Crippen molar-refractivity contribution in [2.24, 2.45) is 0 Å². The van der Waals surface area contributed by atoms with E-state index in [1.54, 1.807) is 23.9 Å². The second kappa shape index (κ2) is 7.86. The van der Waals surface area contributed by atoms with Gasteiger partial charge in [-0.15, -0.1) is 11.8 Å². The predicted octanol–water partition coefficient (Wildman–Crippen LogP) is 4.86. The lowest BCUT2D eigenvalue weighted by molar-refractivity contribution is 0.102. The third-order valence-electron chi connectivity index (χ3n) is 3.66. The number of nitrogens with one attached hydrogen (secondary N) is 1. The average molecular weight is 348 g/mol. The van der Waals surface area contributed by atoms with Gasteiger partial charge < -0.3 is 10.1 Å². The number of halogens is 1. The second-order valence-electron chi connectivity index (χ2n) is 5.41. The molecule has 0 unspecified atom stereocenters. The number of amides is 1. The van der Waals surface area contributed by atoms with E-state index in [1.807, 2.05) is 36.4 Å². The second-order valence-corrected chi connectivity index (χ2v) is 6.90. The molecule has 0 aliphatic carbocycles. The van der Waals surface area contributed by atoms with Crippen LogP contribution in [0.2, 0.25) is 5.02 Å². The molecule has 23 heavy (non-hydrogen) atoms. The molecule has 3 rings (SSSR count). The Kier molecular flexibility index (Phi) is 5.60. The molecule has 1 fully saturated rings. The van der Waals surface area contributed by atoms with Gasteiger partial charge in [-0.2, -0.15) is 0 Å². The van der Waals surface area contributed by atoms with Crippen LogP contribution >= 0.6 is 23.4 Å². The van der Waals surface area contributed by atoms with Gasteiger partial charge in [-0.05, 0) is 43.2 Å². The molecule has 0 bridgehead atoms. The van der Waals surface area contributed by atoms with E-state index >= 15 is 0 Å². The van der Waals surface area contributed by atoms with E-state index in [9.17, 15) is 4.79 Å². The molecule has 2 aromatic carbocycles. The molecular formula is C18H18ClNO2S. The van der Waals surface area contributed by atoms with E-state index in [0.717, 1.165) is 30.1 Å². The van der Waals surface area contributed by atoms with E-state index in [2.05, 4.69) is 5.32 Å². The van der Waals surface area contributed by atoms with Crippen molar-refractivity contribution in [3.8, 4) is 0 Å². The zero-order valence-electron chi connectivity index (χ0n) is 12.6. The topological polar surface area (TPSA) is 38.3 Å². The zero-order valence-corrected chi connectivity index (χ0v) is 14.2. The summed E-state index contributed by atoms with van der Waals surface area (Å²) in [5, 5.41) is 3.50. The van der Waals surface area contributed by atoms with Crippen molar-refractivity contribution in [3.05, 3.63) is 59.1 Å². The minimum atomic E-state index is -0.122. The van der Waals surface area contributed by atoms with Gasteiger partial charge in [-0.1, -0.05) is 29.8 Å². The third-order valence-corrected chi connectivity index (χ3v) is 5.10.